The monoisotopic (exact) mass is 584 g/mol. The van der Waals surface area contributed by atoms with Gasteiger partial charge in [-0.25, -0.2) is 4.79 Å². The van der Waals surface area contributed by atoms with Gasteiger partial charge in [0.2, 0.25) is 5.91 Å². The number of hydrogen-bond acceptors (Lipinski definition) is 9. The second kappa shape index (κ2) is 12.9. The van der Waals surface area contributed by atoms with Crippen LogP contribution in [0.4, 0.5) is 0 Å². The number of ether oxygens (including phenoxy) is 2. The van der Waals surface area contributed by atoms with Gasteiger partial charge < -0.3 is 19.9 Å². The third-order valence-corrected chi connectivity index (χ3v) is 7.40. The van der Waals surface area contributed by atoms with Gasteiger partial charge in [-0.3, -0.25) is 43.2 Å². The van der Waals surface area contributed by atoms with Crippen molar-refractivity contribution in [1.29, 1.82) is 0 Å². The van der Waals surface area contributed by atoms with Crippen molar-refractivity contribution in [3.8, 4) is 0 Å². The van der Waals surface area contributed by atoms with E-state index in [0.29, 0.717) is 17.5 Å². The van der Waals surface area contributed by atoms with E-state index in [1.54, 1.807) is 31.2 Å². The average molecular weight is 585 g/mol. The van der Waals surface area contributed by atoms with Crippen LogP contribution in [0.5, 0.6) is 0 Å². The molecule has 14 nitrogen and oxygen atoms in total. The molecule has 42 heavy (non-hydrogen) atoms. The predicted octanol–water partition coefficient (Wildman–Crippen LogP) is 0.602. The smallest absolute Gasteiger partial charge is 0.328 e. The zero-order valence-corrected chi connectivity index (χ0v) is 23.2. The summed E-state index contributed by atoms with van der Waals surface area (Å²) in [6.45, 7) is 3.54. The van der Waals surface area contributed by atoms with Crippen molar-refractivity contribution in [2.24, 2.45) is 5.92 Å². The van der Waals surface area contributed by atoms with Crippen LogP contribution in [0.1, 0.15) is 71.9 Å². The summed E-state index contributed by atoms with van der Waals surface area (Å²) in [6.07, 6.45) is -1.36. The van der Waals surface area contributed by atoms with Crippen LogP contribution in [0.3, 0.4) is 0 Å². The van der Waals surface area contributed by atoms with Crippen LogP contribution in [0.15, 0.2) is 40.1 Å². The number of aliphatic carboxylic acids is 1. The lowest BCUT2D eigenvalue weighted by Gasteiger charge is -2.22. The number of fused-ring (bicyclic) bond motifs is 1. The first-order chi connectivity index (χ1) is 20.0. The van der Waals surface area contributed by atoms with Crippen LogP contribution in [0.25, 0.3) is 0 Å². The highest BCUT2D eigenvalue weighted by molar-refractivity contribution is 6.21. The number of imide groups is 1. The van der Waals surface area contributed by atoms with Crippen LogP contribution in [-0.4, -0.2) is 74.5 Å². The molecule has 2 aromatic rings. The first-order valence-electron chi connectivity index (χ1n) is 13.6. The Kier molecular flexibility index (Phi) is 9.35. The largest absolute Gasteiger partial charge is 0.481 e. The van der Waals surface area contributed by atoms with Gasteiger partial charge >= 0.3 is 17.6 Å². The fourth-order valence-electron chi connectivity index (χ4n) is 5.14. The number of carbonyl (C=O) groups excluding carboxylic acids is 4. The molecule has 0 aliphatic carbocycles. The van der Waals surface area contributed by atoms with Gasteiger partial charge in [0.15, 0.2) is 0 Å². The molecule has 224 valence electrons. The number of aromatic amines is 1. The molecule has 4 atom stereocenters. The quantitative estimate of drug-likeness (QED) is 0.235. The summed E-state index contributed by atoms with van der Waals surface area (Å²) >= 11 is 0. The van der Waals surface area contributed by atoms with Crippen molar-refractivity contribution < 1.29 is 38.6 Å². The van der Waals surface area contributed by atoms with Gasteiger partial charge in [0.25, 0.3) is 17.4 Å². The molecule has 4 rings (SSSR count). The third kappa shape index (κ3) is 6.48. The van der Waals surface area contributed by atoms with E-state index < -0.39 is 59.5 Å². The number of nitrogens with one attached hydrogen (secondary N) is 2. The Hall–Kier alpha value is -4.59. The van der Waals surface area contributed by atoms with Gasteiger partial charge in [0.1, 0.15) is 12.2 Å². The lowest BCUT2D eigenvalue weighted by Crippen LogP contribution is -2.39. The highest BCUT2D eigenvalue weighted by atomic mass is 16.6. The topological polar surface area (TPSA) is 194 Å². The van der Waals surface area contributed by atoms with E-state index >= 15 is 0 Å². The lowest BCUT2D eigenvalue weighted by atomic mass is 9.94. The SMILES string of the molecule is CC[C@H]1O[C@@H](c2cn(CCC(=O)NCCN3C(=O)c4ccccc4C3=O)c(=O)[nH]c2=O)[C@@H](OC(=O)CCC(=O)O)C1C. The maximum atomic E-state index is 12.8. The zero-order valence-electron chi connectivity index (χ0n) is 23.2. The number of amides is 3. The minimum Gasteiger partial charge on any atom is -0.481 e. The molecule has 1 aromatic carbocycles. The minimum atomic E-state index is -1.15. The number of carbonyl (C=O) groups is 5. The molecule has 0 saturated carbocycles. The van der Waals surface area contributed by atoms with Crippen molar-refractivity contribution in [2.75, 3.05) is 13.1 Å². The van der Waals surface area contributed by atoms with E-state index in [2.05, 4.69) is 10.3 Å². The van der Waals surface area contributed by atoms with Gasteiger partial charge in [0.05, 0.1) is 35.6 Å². The number of hydrogen-bond donors (Lipinski definition) is 3. The fourth-order valence-corrected chi connectivity index (χ4v) is 5.14. The third-order valence-electron chi connectivity index (χ3n) is 7.40. The lowest BCUT2D eigenvalue weighted by molar-refractivity contribution is -0.155. The first-order valence-corrected chi connectivity index (χ1v) is 13.6. The Bertz CT molecular complexity index is 1480. The van der Waals surface area contributed by atoms with Crippen LogP contribution in [0, 0.1) is 5.92 Å². The molecule has 0 radical (unpaired) electrons. The van der Waals surface area contributed by atoms with Crippen molar-refractivity contribution in [2.45, 2.75) is 64.4 Å². The summed E-state index contributed by atoms with van der Waals surface area (Å²) < 4.78 is 12.7. The Balaban J connectivity index is 1.38. The van der Waals surface area contributed by atoms with Crippen molar-refractivity contribution >= 4 is 29.7 Å². The summed E-state index contributed by atoms with van der Waals surface area (Å²) in [7, 11) is 0. The molecular weight excluding hydrogens is 552 g/mol. The Morgan fingerprint density at radius 1 is 1.02 bits per heavy atom. The molecular formula is C28H32N4O10. The van der Waals surface area contributed by atoms with E-state index in [1.807, 2.05) is 6.92 Å². The van der Waals surface area contributed by atoms with Crippen LogP contribution >= 0.6 is 0 Å². The number of aryl methyl sites for hydroxylation is 1. The molecule has 1 fully saturated rings. The number of carboxylic acids is 1. The van der Waals surface area contributed by atoms with E-state index in [4.69, 9.17) is 14.6 Å². The summed E-state index contributed by atoms with van der Waals surface area (Å²) in [6, 6.07) is 6.46. The molecule has 3 N–H and O–H groups in total. The summed E-state index contributed by atoms with van der Waals surface area (Å²) in [5, 5.41) is 11.5. The van der Waals surface area contributed by atoms with Gasteiger partial charge in [-0.2, -0.15) is 0 Å². The van der Waals surface area contributed by atoms with Crippen LogP contribution in [0.2, 0.25) is 0 Å². The number of aromatic nitrogens is 2. The highest BCUT2D eigenvalue weighted by Crippen LogP contribution is 2.39. The Morgan fingerprint density at radius 2 is 1.69 bits per heavy atom. The van der Waals surface area contributed by atoms with E-state index in [0.717, 1.165) is 9.47 Å². The molecule has 1 saturated heterocycles. The van der Waals surface area contributed by atoms with Crippen molar-refractivity contribution in [3.63, 3.8) is 0 Å². The van der Waals surface area contributed by atoms with Crippen LogP contribution < -0.4 is 16.6 Å². The van der Waals surface area contributed by atoms with E-state index in [-0.39, 0.29) is 50.1 Å². The summed E-state index contributed by atoms with van der Waals surface area (Å²) in [5.41, 5.74) is -0.840. The zero-order chi connectivity index (χ0) is 30.6. The van der Waals surface area contributed by atoms with Crippen LogP contribution in [-0.2, 0) is 30.4 Å². The normalized spacial score (nSPS) is 21.3. The molecule has 2 aliphatic heterocycles. The minimum absolute atomic E-state index is 0.0111. The predicted molar refractivity (Wildman–Crippen MR) is 145 cm³/mol. The van der Waals surface area contributed by atoms with Crippen molar-refractivity contribution in [1.82, 2.24) is 19.8 Å². The molecule has 0 spiro atoms. The molecule has 1 unspecified atom stereocenters. The number of nitrogens with zero attached hydrogens (tertiary/aromatic N) is 2. The molecule has 1 aromatic heterocycles. The fraction of sp³-hybridized carbons (Fsp3) is 0.464. The van der Waals surface area contributed by atoms with Crippen molar-refractivity contribution in [3.05, 3.63) is 68.0 Å². The number of benzene rings is 1. The Labute approximate surface area is 239 Å². The number of H-pyrrole nitrogens is 1. The second-order valence-electron chi connectivity index (χ2n) is 10.2. The van der Waals surface area contributed by atoms with Gasteiger partial charge in [-0.1, -0.05) is 26.0 Å². The Morgan fingerprint density at radius 3 is 2.31 bits per heavy atom. The first kappa shape index (κ1) is 30.4. The standard InChI is InChI=1S/C28H32N4O10/c1-3-19-15(2)23(42-22(36)9-8-21(34)35)24(41-19)18-14-31(28(40)30-25(18)37)12-10-20(33)29-11-13-32-26(38)16-6-4-5-7-17(16)27(32)39/h4-7,14-15,19,23-24H,3,8-13H2,1-2H3,(H,29,33)(H,34,35)(H,30,37,40)/t15?,19-,23+,24+/m1/s1. The maximum Gasteiger partial charge on any atom is 0.328 e. The molecule has 3 amide bonds. The van der Waals surface area contributed by atoms with Gasteiger partial charge in [-0.15, -0.1) is 0 Å². The summed E-state index contributed by atoms with van der Waals surface area (Å²) in [4.78, 5) is 89.1. The highest BCUT2D eigenvalue weighted by Gasteiger charge is 2.45. The molecule has 2 aliphatic rings. The summed E-state index contributed by atoms with van der Waals surface area (Å²) in [5.74, 6) is -3.53. The van der Waals surface area contributed by atoms with E-state index in [1.165, 1.54) is 6.20 Å². The number of rotatable bonds is 12. The number of esters is 1. The second-order valence-corrected chi connectivity index (χ2v) is 10.2. The average Bonchev–Trinajstić information content (AvgIpc) is 3.39. The number of carboxylic acid groups (broad SMARTS) is 1. The van der Waals surface area contributed by atoms with E-state index in [9.17, 15) is 33.6 Å². The maximum absolute atomic E-state index is 12.8. The molecule has 3 heterocycles. The van der Waals surface area contributed by atoms with Gasteiger partial charge in [-0.05, 0) is 18.6 Å². The molecule has 14 heteroatoms. The molecule has 0 bridgehead atoms. The van der Waals surface area contributed by atoms with Gasteiger partial charge in [0, 0.05) is 38.2 Å².